The van der Waals surface area contributed by atoms with Crippen molar-refractivity contribution in [3.63, 3.8) is 0 Å². The van der Waals surface area contributed by atoms with Gasteiger partial charge in [-0.3, -0.25) is 0 Å². The third kappa shape index (κ3) is 2.30. The number of rotatable bonds is 3. The summed E-state index contributed by atoms with van der Waals surface area (Å²) in [6.07, 6.45) is 7.53. The number of likely N-dealkylation sites (tertiary alicyclic amines) is 1. The Labute approximate surface area is 111 Å². The van der Waals surface area contributed by atoms with Crippen LogP contribution in [0.15, 0.2) is 12.7 Å². The van der Waals surface area contributed by atoms with E-state index in [1.165, 1.54) is 32.4 Å². The maximum Gasteiger partial charge on any atom is 0.157 e. The highest BCUT2D eigenvalue weighted by atomic mass is 32.1. The van der Waals surface area contributed by atoms with Crippen molar-refractivity contribution in [3.8, 4) is 0 Å². The zero-order valence-electron chi connectivity index (χ0n) is 10.3. The van der Waals surface area contributed by atoms with Crippen molar-refractivity contribution in [2.75, 3.05) is 19.6 Å². The van der Waals surface area contributed by atoms with Crippen LogP contribution in [0, 0.1) is 4.64 Å². The van der Waals surface area contributed by atoms with E-state index in [1.54, 1.807) is 6.33 Å². The lowest BCUT2D eigenvalue weighted by atomic mass is 10.1. The monoisotopic (exact) mass is 263 g/mol. The van der Waals surface area contributed by atoms with Crippen LogP contribution in [-0.2, 0) is 6.54 Å². The molecule has 0 radical (unpaired) electrons. The normalized spacial score (nSPS) is 17.3. The summed E-state index contributed by atoms with van der Waals surface area (Å²) < 4.78 is 2.70. The summed E-state index contributed by atoms with van der Waals surface area (Å²) in [5, 5.41) is 0. The quantitative estimate of drug-likeness (QED) is 0.860. The molecule has 0 saturated carbocycles. The first kappa shape index (κ1) is 11.8. The predicted molar refractivity (Wildman–Crippen MR) is 73.0 cm³/mol. The molecule has 1 saturated heterocycles. The highest BCUT2D eigenvalue weighted by Gasteiger charge is 2.11. The topological polar surface area (TPSA) is 49.7 Å². The Morgan fingerprint density at radius 2 is 2.00 bits per heavy atom. The fourth-order valence-corrected chi connectivity index (χ4v) is 2.71. The molecule has 0 spiro atoms. The molecule has 1 aliphatic heterocycles. The van der Waals surface area contributed by atoms with Gasteiger partial charge >= 0.3 is 0 Å². The lowest BCUT2D eigenvalue weighted by Crippen LogP contribution is -2.32. The predicted octanol–water partition coefficient (Wildman–Crippen LogP) is 1.97. The molecule has 1 aliphatic rings. The van der Waals surface area contributed by atoms with Gasteiger partial charge in [0.2, 0.25) is 0 Å². The van der Waals surface area contributed by atoms with Crippen LogP contribution in [0.5, 0.6) is 0 Å². The maximum atomic E-state index is 5.16. The molecule has 5 nitrogen and oxygen atoms in total. The first-order chi connectivity index (χ1) is 8.84. The van der Waals surface area contributed by atoms with Crippen LogP contribution in [-0.4, -0.2) is 44.1 Å². The largest absolute Gasteiger partial charge is 0.331 e. The highest BCUT2D eigenvalue weighted by Crippen LogP contribution is 2.11. The van der Waals surface area contributed by atoms with Crippen molar-refractivity contribution in [2.45, 2.75) is 25.8 Å². The maximum absolute atomic E-state index is 5.16. The average Bonchev–Trinajstić information content (AvgIpc) is 2.82. The number of piperidine rings is 1. The summed E-state index contributed by atoms with van der Waals surface area (Å²) in [5.41, 5.74) is 1.78. The molecule has 18 heavy (non-hydrogen) atoms. The number of fused-ring (bicyclic) bond motifs is 1. The Kier molecular flexibility index (Phi) is 3.38. The Bertz CT molecular complexity index is 581. The van der Waals surface area contributed by atoms with Crippen molar-refractivity contribution in [1.82, 2.24) is 24.4 Å². The summed E-state index contributed by atoms with van der Waals surface area (Å²) in [4.78, 5) is 14.0. The molecule has 3 heterocycles. The van der Waals surface area contributed by atoms with Gasteiger partial charge in [-0.05, 0) is 25.9 Å². The highest BCUT2D eigenvalue weighted by molar-refractivity contribution is 7.71. The molecule has 0 unspecified atom stereocenters. The van der Waals surface area contributed by atoms with Crippen molar-refractivity contribution in [3.05, 3.63) is 17.3 Å². The molecule has 2 aromatic rings. The van der Waals surface area contributed by atoms with Crippen LogP contribution in [0.2, 0.25) is 0 Å². The third-order valence-electron chi connectivity index (χ3n) is 3.53. The van der Waals surface area contributed by atoms with E-state index in [4.69, 9.17) is 12.2 Å². The van der Waals surface area contributed by atoms with Crippen LogP contribution < -0.4 is 0 Å². The van der Waals surface area contributed by atoms with Crippen LogP contribution >= 0.6 is 12.2 Å². The minimum atomic E-state index is 0.570. The van der Waals surface area contributed by atoms with Crippen LogP contribution in [0.25, 0.3) is 11.2 Å². The van der Waals surface area contributed by atoms with Crippen molar-refractivity contribution in [1.29, 1.82) is 0 Å². The van der Waals surface area contributed by atoms with E-state index >= 15 is 0 Å². The zero-order valence-corrected chi connectivity index (χ0v) is 11.1. The molecule has 0 aliphatic carbocycles. The summed E-state index contributed by atoms with van der Waals surface area (Å²) in [7, 11) is 0. The fraction of sp³-hybridized carbons (Fsp3) is 0.583. The molecule has 1 N–H and O–H groups in total. The first-order valence-electron chi connectivity index (χ1n) is 6.45. The van der Waals surface area contributed by atoms with Gasteiger partial charge in [-0.2, -0.15) is 0 Å². The Hall–Kier alpha value is -1.27. The number of nitrogens with zero attached hydrogens (tertiary/aromatic N) is 4. The van der Waals surface area contributed by atoms with Gasteiger partial charge in [0, 0.05) is 13.1 Å². The average molecular weight is 263 g/mol. The summed E-state index contributed by atoms with van der Waals surface area (Å²) >= 11 is 5.16. The minimum Gasteiger partial charge on any atom is -0.331 e. The second kappa shape index (κ2) is 5.16. The van der Waals surface area contributed by atoms with Gasteiger partial charge in [0.05, 0.1) is 12.7 Å². The molecule has 96 valence electrons. The molecule has 0 atom stereocenters. The summed E-state index contributed by atoms with van der Waals surface area (Å²) in [5.74, 6) is 0. The lowest BCUT2D eigenvalue weighted by Gasteiger charge is -2.26. The number of hydrogen-bond acceptors (Lipinski definition) is 4. The van der Waals surface area contributed by atoms with Crippen molar-refractivity contribution < 1.29 is 0 Å². The molecule has 0 amide bonds. The second-order valence-corrected chi connectivity index (χ2v) is 5.13. The van der Waals surface area contributed by atoms with Gasteiger partial charge in [0.25, 0.3) is 0 Å². The Morgan fingerprint density at radius 3 is 2.83 bits per heavy atom. The summed E-state index contributed by atoms with van der Waals surface area (Å²) in [6.45, 7) is 4.48. The van der Waals surface area contributed by atoms with E-state index in [9.17, 15) is 0 Å². The molecule has 0 aromatic carbocycles. The van der Waals surface area contributed by atoms with Gasteiger partial charge in [-0.15, -0.1) is 0 Å². The molecular formula is C12H17N5S. The van der Waals surface area contributed by atoms with Crippen LogP contribution in [0.1, 0.15) is 19.3 Å². The Balaban J connectivity index is 1.74. The third-order valence-corrected chi connectivity index (χ3v) is 3.83. The summed E-state index contributed by atoms with van der Waals surface area (Å²) in [6, 6.07) is 0. The number of aromatic amines is 1. The standard InChI is InChI=1S/C12H17N5S/c18-12-10-11(13-8-14-12)17(9-15-10)7-6-16-4-2-1-3-5-16/h8-9H,1-7H2,(H,13,14,18). The molecule has 0 bridgehead atoms. The molecule has 1 fully saturated rings. The molecular weight excluding hydrogens is 246 g/mol. The van der Waals surface area contributed by atoms with Gasteiger partial charge in [0.15, 0.2) is 4.64 Å². The van der Waals surface area contributed by atoms with E-state index in [-0.39, 0.29) is 0 Å². The van der Waals surface area contributed by atoms with E-state index in [1.807, 2.05) is 6.33 Å². The van der Waals surface area contributed by atoms with Gasteiger partial charge in [0.1, 0.15) is 11.2 Å². The number of imidazole rings is 1. The lowest BCUT2D eigenvalue weighted by molar-refractivity contribution is 0.221. The van der Waals surface area contributed by atoms with Crippen LogP contribution in [0.3, 0.4) is 0 Å². The van der Waals surface area contributed by atoms with E-state index in [0.29, 0.717) is 4.64 Å². The fourth-order valence-electron chi connectivity index (χ4n) is 2.50. The minimum absolute atomic E-state index is 0.570. The zero-order chi connectivity index (χ0) is 12.4. The second-order valence-electron chi connectivity index (χ2n) is 4.75. The van der Waals surface area contributed by atoms with E-state index in [2.05, 4.69) is 24.4 Å². The number of H-pyrrole nitrogens is 1. The number of nitrogens with one attached hydrogen (secondary N) is 1. The van der Waals surface area contributed by atoms with E-state index in [0.717, 1.165) is 24.3 Å². The van der Waals surface area contributed by atoms with Gasteiger partial charge < -0.3 is 14.5 Å². The van der Waals surface area contributed by atoms with E-state index < -0.39 is 0 Å². The Morgan fingerprint density at radius 1 is 1.17 bits per heavy atom. The molecule has 2 aromatic heterocycles. The number of aromatic nitrogens is 4. The smallest absolute Gasteiger partial charge is 0.157 e. The first-order valence-corrected chi connectivity index (χ1v) is 6.86. The molecule has 3 rings (SSSR count). The van der Waals surface area contributed by atoms with Crippen molar-refractivity contribution >= 4 is 23.4 Å². The molecule has 6 heteroatoms. The number of hydrogen-bond donors (Lipinski definition) is 1. The van der Waals surface area contributed by atoms with Gasteiger partial charge in [-0.1, -0.05) is 18.6 Å². The SMILES string of the molecule is S=c1nc[nH]c2c1ncn2CCN1CCCCC1. The van der Waals surface area contributed by atoms with Gasteiger partial charge in [-0.25, -0.2) is 9.97 Å². The van der Waals surface area contributed by atoms with Crippen LogP contribution in [0.4, 0.5) is 0 Å². The van der Waals surface area contributed by atoms with Crippen molar-refractivity contribution in [2.24, 2.45) is 0 Å².